The standard InChI is InChI=1S/C9H10ClFO/c1-3-6-4-7(10)9(12-2)8(11)5-6/h4-5H,3H2,1-2H3. The first kappa shape index (κ1) is 9.33. The van der Waals surface area contributed by atoms with E-state index in [9.17, 15) is 4.39 Å². The van der Waals surface area contributed by atoms with Crippen molar-refractivity contribution in [3.05, 3.63) is 28.5 Å². The van der Waals surface area contributed by atoms with E-state index in [4.69, 9.17) is 16.3 Å². The fourth-order valence-electron chi connectivity index (χ4n) is 1.01. The number of benzene rings is 1. The second-order valence-electron chi connectivity index (χ2n) is 2.45. The minimum atomic E-state index is -0.401. The normalized spacial score (nSPS) is 10.0. The molecular formula is C9H10ClFO. The fraction of sp³-hybridized carbons (Fsp3) is 0.333. The lowest BCUT2D eigenvalue weighted by Crippen LogP contribution is -1.91. The lowest BCUT2D eigenvalue weighted by atomic mass is 10.1. The van der Waals surface area contributed by atoms with E-state index < -0.39 is 5.82 Å². The Labute approximate surface area is 76.1 Å². The molecule has 1 aromatic carbocycles. The third kappa shape index (κ3) is 1.69. The van der Waals surface area contributed by atoms with E-state index >= 15 is 0 Å². The van der Waals surface area contributed by atoms with Crippen LogP contribution in [0.3, 0.4) is 0 Å². The predicted molar refractivity (Wildman–Crippen MR) is 47.3 cm³/mol. The Hall–Kier alpha value is -0.760. The zero-order valence-electron chi connectivity index (χ0n) is 7.03. The molecule has 66 valence electrons. The number of rotatable bonds is 2. The van der Waals surface area contributed by atoms with Crippen LogP contribution in [0.1, 0.15) is 12.5 Å². The summed E-state index contributed by atoms with van der Waals surface area (Å²) < 4.78 is 17.9. The van der Waals surface area contributed by atoms with Crippen LogP contribution in [0, 0.1) is 5.82 Å². The van der Waals surface area contributed by atoms with Gasteiger partial charge in [0.1, 0.15) is 0 Å². The van der Waals surface area contributed by atoms with Gasteiger partial charge in [0.2, 0.25) is 0 Å². The van der Waals surface area contributed by atoms with Gasteiger partial charge in [0, 0.05) is 0 Å². The van der Waals surface area contributed by atoms with Crippen molar-refractivity contribution in [1.82, 2.24) is 0 Å². The molecule has 0 bridgehead atoms. The summed E-state index contributed by atoms with van der Waals surface area (Å²) in [4.78, 5) is 0. The maximum atomic E-state index is 13.1. The summed E-state index contributed by atoms with van der Waals surface area (Å²) in [5.74, 6) is -0.282. The molecule has 0 heterocycles. The van der Waals surface area contributed by atoms with Crippen molar-refractivity contribution in [3.8, 4) is 5.75 Å². The molecule has 3 heteroatoms. The first-order valence-electron chi connectivity index (χ1n) is 3.71. The molecule has 0 radical (unpaired) electrons. The molecule has 1 rings (SSSR count). The molecule has 0 fully saturated rings. The Kier molecular flexibility index (Phi) is 2.93. The largest absolute Gasteiger partial charge is 0.492 e. The van der Waals surface area contributed by atoms with Crippen molar-refractivity contribution >= 4 is 11.6 Å². The lowest BCUT2D eigenvalue weighted by Gasteiger charge is -2.05. The van der Waals surface area contributed by atoms with Crippen LogP contribution in [0.15, 0.2) is 12.1 Å². The molecule has 0 aliphatic carbocycles. The molecule has 0 aliphatic heterocycles. The van der Waals surface area contributed by atoms with Gasteiger partial charge in [0.05, 0.1) is 12.1 Å². The summed E-state index contributed by atoms with van der Waals surface area (Å²) in [6.07, 6.45) is 0.765. The van der Waals surface area contributed by atoms with Gasteiger partial charge in [-0.15, -0.1) is 0 Å². The summed E-state index contributed by atoms with van der Waals surface area (Å²) in [7, 11) is 1.40. The third-order valence-electron chi connectivity index (χ3n) is 1.67. The minimum absolute atomic E-state index is 0.119. The average Bonchev–Trinajstić information content (AvgIpc) is 2.03. The van der Waals surface area contributed by atoms with Gasteiger partial charge in [-0.3, -0.25) is 0 Å². The molecule has 0 atom stereocenters. The maximum Gasteiger partial charge on any atom is 0.173 e. The number of hydrogen-bond acceptors (Lipinski definition) is 1. The van der Waals surface area contributed by atoms with Gasteiger partial charge in [-0.05, 0) is 24.1 Å². The number of methoxy groups -OCH3 is 1. The van der Waals surface area contributed by atoms with Crippen molar-refractivity contribution in [1.29, 1.82) is 0 Å². The number of halogens is 2. The lowest BCUT2D eigenvalue weighted by molar-refractivity contribution is 0.386. The number of ether oxygens (including phenoxy) is 1. The maximum absolute atomic E-state index is 13.1. The van der Waals surface area contributed by atoms with Crippen molar-refractivity contribution in [2.45, 2.75) is 13.3 Å². The molecule has 0 aliphatic rings. The predicted octanol–water partition coefficient (Wildman–Crippen LogP) is 3.05. The second-order valence-corrected chi connectivity index (χ2v) is 2.85. The zero-order valence-corrected chi connectivity index (χ0v) is 7.78. The van der Waals surface area contributed by atoms with Crippen molar-refractivity contribution in [3.63, 3.8) is 0 Å². The van der Waals surface area contributed by atoms with Crippen molar-refractivity contribution in [2.75, 3.05) is 7.11 Å². The fourth-order valence-corrected chi connectivity index (χ4v) is 1.32. The highest BCUT2D eigenvalue weighted by Gasteiger charge is 2.08. The van der Waals surface area contributed by atoms with Crippen molar-refractivity contribution < 1.29 is 9.13 Å². The quantitative estimate of drug-likeness (QED) is 0.693. The first-order valence-corrected chi connectivity index (χ1v) is 4.08. The summed E-state index contributed by atoms with van der Waals surface area (Å²) in [6.45, 7) is 1.94. The van der Waals surface area contributed by atoms with Gasteiger partial charge in [0.25, 0.3) is 0 Å². The monoisotopic (exact) mass is 188 g/mol. The molecule has 0 unspecified atom stereocenters. The summed E-state index contributed by atoms with van der Waals surface area (Å²) >= 11 is 5.75. The Morgan fingerprint density at radius 3 is 2.58 bits per heavy atom. The summed E-state index contributed by atoms with van der Waals surface area (Å²) in [5.41, 5.74) is 0.873. The van der Waals surface area contributed by atoms with E-state index in [1.807, 2.05) is 6.92 Å². The zero-order chi connectivity index (χ0) is 9.14. The number of aryl methyl sites for hydroxylation is 1. The van der Waals surface area contributed by atoms with Crippen LogP contribution in [0.2, 0.25) is 5.02 Å². The summed E-state index contributed by atoms with van der Waals surface area (Å²) in [5, 5.41) is 0.328. The van der Waals surface area contributed by atoms with Gasteiger partial charge in [-0.25, -0.2) is 4.39 Å². The van der Waals surface area contributed by atoms with E-state index in [2.05, 4.69) is 0 Å². The third-order valence-corrected chi connectivity index (χ3v) is 1.95. The van der Waals surface area contributed by atoms with Gasteiger partial charge in [-0.1, -0.05) is 18.5 Å². The summed E-state index contributed by atoms with van der Waals surface area (Å²) in [6, 6.07) is 3.15. The van der Waals surface area contributed by atoms with Crippen LogP contribution in [0.5, 0.6) is 5.75 Å². The van der Waals surface area contributed by atoms with Crippen LogP contribution in [0.4, 0.5) is 4.39 Å². The molecule has 0 amide bonds. The second kappa shape index (κ2) is 3.76. The highest BCUT2D eigenvalue weighted by Crippen LogP contribution is 2.28. The van der Waals surface area contributed by atoms with Crippen LogP contribution in [0.25, 0.3) is 0 Å². The van der Waals surface area contributed by atoms with Crippen LogP contribution in [-0.4, -0.2) is 7.11 Å². The molecular weight excluding hydrogens is 179 g/mol. The van der Waals surface area contributed by atoms with E-state index in [0.717, 1.165) is 12.0 Å². The van der Waals surface area contributed by atoms with E-state index in [0.29, 0.717) is 5.02 Å². The van der Waals surface area contributed by atoms with Crippen LogP contribution >= 0.6 is 11.6 Å². The first-order chi connectivity index (χ1) is 5.69. The molecule has 12 heavy (non-hydrogen) atoms. The topological polar surface area (TPSA) is 9.23 Å². The molecule has 0 saturated carbocycles. The Balaban J connectivity index is 3.18. The molecule has 0 aromatic heterocycles. The Bertz CT molecular complexity index is 263. The highest BCUT2D eigenvalue weighted by atomic mass is 35.5. The Morgan fingerprint density at radius 2 is 2.17 bits per heavy atom. The molecule has 0 N–H and O–H groups in total. The van der Waals surface area contributed by atoms with Crippen molar-refractivity contribution in [2.24, 2.45) is 0 Å². The van der Waals surface area contributed by atoms with Gasteiger partial charge in [-0.2, -0.15) is 0 Å². The molecule has 1 nitrogen and oxygen atoms in total. The molecule has 0 spiro atoms. The smallest absolute Gasteiger partial charge is 0.173 e. The SMILES string of the molecule is CCc1cc(F)c(OC)c(Cl)c1. The van der Waals surface area contributed by atoms with Crippen LogP contribution < -0.4 is 4.74 Å². The average molecular weight is 189 g/mol. The van der Waals surface area contributed by atoms with E-state index in [-0.39, 0.29) is 5.75 Å². The number of hydrogen-bond donors (Lipinski definition) is 0. The highest BCUT2D eigenvalue weighted by molar-refractivity contribution is 6.32. The van der Waals surface area contributed by atoms with Gasteiger partial charge < -0.3 is 4.74 Å². The van der Waals surface area contributed by atoms with E-state index in [1.54, 1.807) is 6.07 Å². The Morgan fingerprint density at radius 1 is 1.50 bits per heavy atom. The van der Waals surface area contributed by atoms with E-state index in [1.165, 1.54) is 13.2 Å². The molecule has 1 aromatic rings. The molecule has 0 saturated heterocycles. The van der Waals surface area contributed by atoms with Gasteiger partial charge in [0.15, 0.2) is 11.6 Å². The minimum Gasteiger partial charge on any atom is -0.492 e. The van der Waals surface area contributed by atoms with Crippen LogP contribution in [-0.2, 0) is 6.42 Å². The van der Waals surface area contributed by atoms with Gasteiger partial charge >= 0.3 is 0 Å².